The van der Waals surface area contributed by atoms with Gasteiger partial charge in [-0.3, -0.25) is 0 Å². The highest BCUT2D eigenvalue weighted by atomic mass is 14.7. The van der Waals surface area contributed by atoms with Crippen molar-refractivity contribution in [1.82, 2.24) is 5.32 Å². The van der Waals surface area contributed by atoms with E-state index in [0.29, 0.717) is 0 Å². The van der Waals surface area contributed by atoms with Crippen LogP contribution in [0, 0.1) is 0 Å². The lowest BCUT2D eigenvalue weighted by Crippen LogP contribution is -1.89. The lowest BCUT2D eigenvalue weighted by atomic mass is 10.1. The topological polar surface area (TPSA) is 38.0 Å². The molecule has 0 bridgehead atoms. The average molecular weight is 415 g/mol. The molecule has 3 N–H and O–H groups in total. The van der Waals surface area contributed by atoms with Crippen LogP contribution in [0.15, 0.2) is 121 Å². The van der Waals surface area contributed by atoms with E-state index in [4.69, 9.17) is 0 Å². The van der Waals surface area contributed by atoms with Crippen LogP contribution in [0.3, 0.4) is 0 Å². The molecule has 0 aliphatic rings. The number of hydrogen-bond acceptors (Lipinski definition) is 2. The van der Waals surface area contributed by atoms with E-state index in [-0.39, 0.29) is 0 Å². The van der Waals surface area contributed by atoms with Crippen molar-refractivity contribution in [3.05, 3.63) is 121 Å². The van der Waals surface area contributed by atoms with E-state index in [1.54, 1.807) is 0 Å². The summed E-state index contributed by atoms with van der Waals surface area (Å²) in [6.07, 6.45) is 0. The first-order valence-electron chi connectivity index (χ1n) is 10.7. The molecule has 4 aromatic carbocycles. The zero-order valence-electron chi connectivity index (χ0n) is 19.6. The van der Waals surface area contributed by atoms with Gasteiger partial charge in [0.05, 0.1) is 0 Å². The van der Waals surface area contributed by atoms with Crippen LogP contribution in [-0.4, -0.2) is 21.1 Å². The van der Waals surface area contributed by atoms with Crippen LogP contribution >= 0.6 is 0 Å². The van der Waals surface area contributed by atoms with E-state index in [9.17, 15) is 0 Å². The first kappa shape index (κ1) is 27.8. The fourth-order valence-corrected chi connectivity index (χ4v) is 2.52. The van der Waals surface area contributed by atoms with E-state index in [1.165, 1.54) is 29.3 Å². The maximum atomic E-state index is 4.50. The molecule has 0 radical (unpaired) electrons. The lowest BCUT2D eigenvalue weighted by molar-refractivity contribution is 1.02. The van der Waals surface area contributed by atoms with Gasteiger partial charge in [-0.1, -0.05) is 135 Å². The molecule has 31 heavy (non-hydrogen) atoms. The normalized spacial score (nSPS) is 8.45. The molecule has 2 nitrogen and oxygen atoms in total. The fraction of sp³-hybridized carbons (Fsp3) is 0.172. The number of hydrogen-bond donors (Lipinski definition) is 2. The van der Waals surface area contributed by atoms with Gasteiger partial charge in [0.15, 0.2) is 0 Å². The summed E-state index contributed by atoms with van der Waals surface area (Å²) in [5.74, 6) is 0. The molecular formula is C29H38N2. The highest BCUT2D eigenvalue weighted by Gasteiger charge is 1.92. The number of nitrogens with two attached hydrogens (primary N) is 1. The molecule has 0 unspecified atom stereocenters. The van der Waals surface area contributed by atoms with Crippen molar-refractivity contribution in [3.8, 4) is 22.3 Å². The smallest absolute Gasteiger partial charge is 0.0167 e. The highest BCUT2D eigenvalue weighted by molar-refractivity contribution is 5.63. The predicted molar refractivity (Wildman–Crippen MR) is 140 cm³/mol. The Balaban J connectivity index is 0.000000453. The molecule has 0 spiro atoms. The van der Waals surface area contributed by atoms with Crippen LogP contribution in [0.2, 0.25) is 0 Å². The second kappa shape index (κ2) is 20.1. The summed E-state index contributed by atoms with van der Waals surface area (Å²) in [6.45, 7) is 4.00. The number of nitrogens with one attached hydrogen (secondary N) is 1. The Morgan fingerprint density at radius 1 is 0.387 bits per heavy atom. The van der Waals surface area contributed by atoms with Gasteiger partial charge in [0.25, 0.3) is 0 Å². The van der Waals surface area contributed by atoms with Crippen LogP contribution in [0.25, 0.3) is 22.3 Å². The molecule has 0 fully saturated rings. The zero-order chi connectivity index (χ0) is 23.2. The van der Waals surface area contributed by atoms with Gasteiger partial charge in [0.1, 0.15) is 0 Å². The first-order chi connectivity index (χ1) is 15.3. The highest BCUT2D eigenvalue weighted by Crippen LogP contribution is 2.18. The lowest BCUT2D eigenvalue weighted by Gasteiger charge is -1.98. The Hall–Kier alpha value is -3.20. The van der Waals surface area contributed by atoms with Crippen molar-refractivity contribution < 1.29 is 0 Å². The quantitative estimate of drug-likeness (QED) is 0.366. The van der Waals surface area contributed by atoms with Gasteiger partial charge in [-0.05, 0) is 43.4 Å². The van der Waals surface area contributed by atoms with Gasteiger partial charge < -0.3 is 11.1 Å². The molecule has 4 rings (SSSR count). The molecule has 0 saturated heterocycles. The van der Waals surface area contributed by atoms with Crippen LogP contribution in [-0.2, 0) is 0 Å². The average Bonchev–Trinajstić information content (AvgIpc) is 2.89. The van der Waals surface area contributed by atoms with E-state index >= 15 is 0 Å². The minimum Gasteiger partial charge on any atom is -0.333 e. The standard InChI is InChI=1S/2C12H10.C2H7N.C2H6.CH5N/c2*1-3-7-11(8-4-1)12-9-5-2-6-10-12;1-3-2;2*1-2/h2*1-10H;3H,1-2H3;1-2H3;2H2,1H3. The van der Waals surface area contributed by atoms with Crippen molar-refractivity contribution in [1.29, 1.82) is 0 Å². The molecule has 4 aromatic rings. The van der Waals surface area contributed by atoms with Crippen LogP contribution in [0.4, 0.5) is 0 Å². The monoisotopic (exact) mass is 414 g/mol. The summed E-state index contributed by atoms with van der Waals surface area (Å²) in [5.41, 5.74) is 9.60. The molecule has 0 aliphatic heterocycles. The van der Waals surface area contributed by atoms with Crippen molar-refractivity contribution >= 4 is 0 Å². The second-order valence-corrected chi connectivity index (χ2v) is 5.96. The molecule has 0 saturated carbocycles. The van der Waals surface area contributed by atoms with E-state index in [0.717, 1.165) is 0 Å². The minimum absolute atomic E-state index is 1.28. The molecule has 0 amide bonds. The summed E-state index contributed by atoms with van der Waals surface area (Å²) in [7, 11) is 5.25. The summed E-state index contributed by atoms with van der Waals surface area (Å²) in [6, 6.07) is 41.6. The van der Waals surface area contributed by atoms with Crippen molar-refractivity contribution in [2.24, 2.45) is 5.73 Å². The predicted octanol–water partition coefficient (Wildman–Crippen LogP) is 7.14. The third kappa shape index (κ3) is 12.2. The summed E-state index contributed by atoms with van der Waals surface area (Å²) in [5, 5.41) is 2.75. The Kier molecular flexibility index (Phi) is 18.0. The Bertz CT molecular complexity index is 696. The van der Waals surface area contributed by atoms with Crippen molar-refractivity contribution in [2.75, 3.05) is 21.1 Å². The van der Waals surface area contributed by atoms with Gasteiger partial charge in [0.2, 0.25) is 0 Å². The largest absolute Gasteiger partial charge is 0.333 e. The third-order valence-corrected chi connectivity index (χ3v) is 3.76. The van der Waals surface area contributed by atoms with Crippen molar-refractivity contribution in [3.63, 3.8) is 0 Å². The molecule has 0 atom stereocenters. The SMILES string of the molecule is CC.CN.CNC.c1ccc(-c2ccccc2)cc1.c1ccc(-c2ccccc2)cc1. The molecule has 164 valence electrons. The molecule has 2 heteroatoms. The second-order valence-electron chi connectivity index (χ2n) is 5.96. The number of rotatable bonds is 2. The molecular weight excluding hydrogens is 376 g/mol. The van der Waals surface area contributed by atoms with Crippen LogP contribution in [0.5, 0.6) is 0 Å². The molecule has 0 aromatic heterocycles. The number of benzene rings is 4. The van der Waals surface area contributed by atoms with Gasteiger partial charge >= 0.3 is 0 Å². The molecule has 0 heterocycles. The van der Waals surface area contributed by atoms with Crippen LogP contribution in [0.1, 0.15) is 13.8 Å². The third-order valence-electron chi connectivity index (χ3n) is 3.76. The van der Waals surface area contributed by atoms with Gasteiger partial charge in [-0.15, -0.1) is 0 Å². The Morgan fingerprint density at radius 2 is 0.516 bits per heavy atom. The van der Waals surface area contributed by atoms with E-state index in [2.05, 4.69) is 108 Å². The van der Waals surface area contributed by atoms with Gasteiger partial charge in [0, 0.05) is 0 Å². The molecule has 0 aliphatic carbocycles. The van der Waals surface area contributed by atoms with Crippen LogP contribution < -0.4 is 11.1 Å². The van der Waals surface area contributed by atoms with E-state index < -0.39 is 0 Å². The summed E-state index contributed by atoms with van der Waals surface area (Å²) in [4.78, 5) is 0. The Morgan fingerprint density at radius 3 is 0.645 bits per heavy atom. The van der Waals surface area contributed by atoms with Gasteiger partial charge in [-0.2, -0.15) is 0 Å². The van der Waals surface area contributed by atoms with Gasteiger partial charge in [-0.25, -0.2) is 0 Å². The summed E-state index contributed by atoms with van der Waals surface area (Å²) < 4.78 is 0. The van der Waals surface area contributed by atoms with Crippen molar-refractivity contribution in [2.45, 2.75) is 13.8 Å². The summed E-state index contributed by atoms with van der Waals surface area (Å²) >= 11 is 0. The fourth-order valence-electron chi connectivity index (χ4n) is 2.52. The minimum atomic E-state index is 1.28. The van der Waals surface area contributed by atoms with E-state index in [1.807, 2.05) is 52.2 Å². The Labute approximate surface area is 189 Å². The zero-order valence-corrected chi connectivity index (χ0v) is 19.6. The maximum absolute atomic E-state index is 4.50. The maximum Gasteiger partial charge on any atom is -0.0167 e. The first-order valence-corrected chi connectivity index (χ1v) is 10.7.